The van der Waals surface area contributed by atoms with E-state index in [1.165, 1.54) is 33.9 Å². The van der Waals surface area contributed by atoms with Gasteiger partial charge in [0.15, 0.2) is 5.71 Å². The number of allylic oxidation sites excluding steroid dienone is 8. The Labute approximate surface area is 279 Å². The predicted octanol–water partition coefficient (Wildman–Crippen LogP) is 4.21. The highest BCUT2D eigenvalue weighted by atomic mass is 35.5. The monoisotopic (exact) mass is 641 g/mol. The number of nitrogens with zero attached hydrogens (tertiary/aromatic N) is 3. The highest BCUT2D eigenvalue weighted by Gasteiger charge is 2.42. The number of imide groups is 1. The molecule has 1 fully saturated rings. The number of amides is 2. The number of carbonyl (C=O) groups excluding carboxylic acids is 3. The average Bonchev–Trinajstić information content (AvgIpc) is 3.52. The zero-order chi connectivity index (χ0) is 32.2. The molecule has 8 heteroatoms. The van der Waals surface area contributed by atoms with Gasteiger partial charge in [-0.05, 0) is 44.4 Å². The maximum Gasteiger partial charge on any atom is 0.333 e. The first kappa shape index (κ1) is 34.6. The standard InChI is InChI=1S/C38H44N3O4.ClH/c1-37(2)28-18-13-15-20-30(28)39(5)32(37)22-10-7-6-8-11-23-33-38(3,4)29-19-14-16-21-31(29)40(33)27-17-9-12-24-36(44)45-41-34(42)25-26-35(41)43;/h6-8,10-11,13-16,18-23H,9,12,17,24-27H2,1-5H3;1H/q+1;/p-1. The van der Waals surface area contributed by atoms with Crippen LogP contribution in [-0.4, -0.2) is 46.7 Å². The van der Waals surface area contributed by atoms with Crippen molar-refractivity contribution in [1.82, 2.24) is 5.06 Å². The van der Waals surface area contributed by atoms with Gasteiger partial charge in [0.05, 0.1) is 5.41 Å². The molecule has 0 atom stereocenters. The van der Waals surface area contributed by atoms with Gasteiger partial charge in [0.2, 0.25) is 5.69 Å². The van der Waals surface area contributed by atoms with E-state index < -0.39 is 17.8 Å². The van der Waals surface area contributed by atoms with Crippen molar-refractivity contribution in [2.75, 3.05) is 18.5 Å². The van der Waals surface area contributed by atoms with Crippen molar-refractivity contribution in [3.05, 3.63) is 108 Å². The molecule has 0 N–H and O–H groups in total. The first-order valence-corrected chi connectivity index (χ1v) is 15.9. The second-order valence-electron chi connectivity index (χ2n) is 12.9. The minimum Gasteiger partial charge on any atom is -1.00 e. The van der Waals surface area contributed by atoms with Crippen molar-refractivity contribution in [1.29, 1.82) is 0 Å². The Bertz CT molecular complexity index is 1630. The lowest BCUT2D eigenvalue weighted by molar-refractivity contribution is -0.401. The molecule has 5 rings (SSSR count). The Morgan fingerprint density at radius 2 is 1.46 bits per heavy atom. The van der Waals surface area contributed by atoms with Crippen LogP contribution in [0.1, 0.15) is 77.3 Å². The number of hydrogen-bond acceptors (Lipinski definition) is 5. The molecule has 2 aromatic carbocycles. The third kappa shape index (κ3) is 6.95. The Balaban J connectivity index is 0.00000480. The summed E-state index contributed by atoms with van der Waals surface area (Å²) >= 11 is 0. The zero-order valence-electron chi connectivity index (χ0n) is 27.5. The fraction of sp³-hybridized carbons (Fsp3) is 0.368. The van der Waals surface area contributed by atoms with Crippen LogP contribution in [-0.2, 0) is 30.1 Å². The lowest BCUT2D eigenvalue weighted by Crippen LogP contribution is -3.00. The number of halogens is 1. The Hall–Kier alpha value is -4.23. The molecule has 0 aromatic heterocycles. The van der Waals surface area contributed by atoms with Gasteiger partial charge >= 0.3 is 5.97 Å². The van der Waals surface area contributed by atoms with Crippen molar-refractivity contribution in [3.63, 3.8) is 0 Å². The summed E-state index contributed by atoms with van der Waals surface area (Å²) in [6.45, 7) is 9.88. The fourth-order valence-corrected chi connectivity index (χ4v) is 6.69. The van der Waals surface area contributed by atoms with Gasteiger partial charge in [0.1, 0.15) is 7.05 Å². The summed E-state index contributed by atoms with van der Waals surface area (Å²) in [5.41, 5.74) is 7.44. The molecule has 3 aliphatic heterocycles. The average molecular weight is 642 g/mol. The van der Waals surface area contributed by atoms with E-state index in [4.69, 9.17) is 4.84 Å². The third-order valence-corrected chi connectivity index (χ3v) is 9.15. The van der Waals surface area contributed by atoms with Gasteiger partial charge in [0.25, 0.3) is 11.8 Å². The van der Waals surface area contributed by atoms with Crippen molar-refractivity contribution in [3.8, 4) is 0 Å². The molecule has 7 nitrogen and oxygen atoms in total. The summed E-state index contributed by atoms with van der Waals surface area (Å²) in [6.07, 6.45) is 17.5. The molecule has 0 saturated carbocycles. The Kier molecular flexibility index (Phi) is 10.9. The van der Waals surface area contributed by atoms with Gasteiger partial charge in [-0.15, -0.1) is 5.06 Å². The first-order chi connectivity index (χ1) is 21.5. The molecule has 2 aromatic rings. The fourth-order valence-electron chi connectivity index (χ4n) is 6.69. The molecule has 46 heavy (non-hydrogen) atoms. The van der Waals surface area contributed by atoms with Crippen molar-refractivity contribution in [2.24, 2.45) is 0 Å². The van der Waals surface area contributed by atoms with E-state index in [2.05, 4.69) is 135 Å². The number of benzene rings is 2. The van der Waals surface area contributed by atoms with E-state index in [1.807, 2.05) is 0 Å². The molecule has 0 aliphatic carbocycles. The first-order valence-electron chi connectivity index (χ1n) is 15.9. The van der Waals surface area contributed by atoms with E-state index in [0.717, 1.165) is 19.4 Å². The molecule has 0 radical (unpaired) electrons. The number of fused-ring (bicyclic) bond motifs is 2. The predicted molar refractivity (Wildman–Crippen MR) is 178 cm³/mol. The van der Waals surface area contributed by atoms with Crippen LogP contribution in [0.4, 0.5) is 11.4 Å². The second-order valence-corrected chi connectivity index (χ2v) is 12.9. The van der Waals surface area contributed by atoms with E-state index in [1.54, 1.807) is 0 Å². The summed E-state index contributed by atoms with van der Waals surface area (Å²) in [4.78, 5) is 42.9. The van der Waals surface area contributed by atoms with Crippen LogP contribution in [0, 0.1) is 0 Å². The Morgan fingerprint density at radius 3 is 2.17 bits per heavy atom. The van der Waals surface area contributed by atoms with Gasteiger partial charge < -0.3 is 22.1 Å². The zero-order valence-corrected chi connectivity index (χ0v) is 28.2. The smallest absolute Gasteiger partial charge is 0.333 e. The molecule has 1 saturated heterocycles. The minimum atomic E-state index is -0.539. The third-order valence-electron chi connectivity index (χ3n) is 9.15. The maximum atomic E-state index is 12.2. The SMILES string of the molecule is C[N+]1=C(C=CC=CC=CC=C2N(CCCCCC(=O)ON3C(=O)CCC3=O)c3ccccc3C2(C)C)C(C)(C)c2ccccc21.[Cl-]. The van der Waals surface area contributed by atoms with Gasteiger partial charge in [-0.3, -0.25) is 9.59 Å². The highest BCUT2D eigenvalue weighted by Crippen LogP contribution is 2.47. The minimum absolute atomic E-state index is 0. The van der Waals surface area contributed by atoms with Crippen LogP contribution in [0.15, 0.2) is 96.8 Å². The number of rotatable bonds is 11. The van der Waals surface area contributed by atoms with Gasteiger partial charge in [-0.25, -0.2) is 4.79 Å². The molecule has 2 amide bonds. The largest absolute Gasteiger partial charge is 1.00 e. The number of hydrogen-bond donors (Lipinski definition) is 0. The summed E-state index contributed by atoms with van der Waals surface area (Å²) in [7, 11) is 2.13. The van der Waals surface area contributed by atoms with E-state index in [0.29, 0.717) is 11.5 Å². The summed E-state index contributed by atoms with van der Waals surface area (Å²) in [5.74, 6) is -1.44. The van der Waals surface area contributed by atoms with Crippen LogP contribution in [0.5, 0.6) is 0 Å². The van der Waals surface area contributed by atoms with Crippen LogP contribution >= 0.6 is 0 Å². The van der Waals surface area contributed by atoms with E-state index >= 15 is 0 Å². The van der Waals surface area contributed by atoms with Gasteiger partial charge in [-0.1, -0.05) is 87.0 Å². The normalized spacial score (nSPS) is 19.2. The molecule has 0 spiro atoms. The van der Waals surface area contributed by atoms with E-state index in [9.17, 15) is 14.4 Å². The number of unbranched alkanes of at least 4 members (excludes halogenated alkanes) is 2. The quantitative estimate of drug-likeness (QED) is 0.159. The van der Waals surface area contributed by atoms with Crippen molar-refractivity contribution in [2.45, 2.75) is 77.0 Å². The van der Waals surface area contributed by atoms with Gasteiger partial charge in [-0.2, -0.15) is 4.58 Å². The molecule has 0 unspecified atom stereocenters. The molecule has 242 valence electrons. The van der Waals surface area contributed by atoms with Crippen LogP contribution in [0.2, 0.25) is 0 Å². The topological polar surface area (TPSA) is 69.9 Å². The van der Waals surface area contributed by atoms with E-state index in [-0.39, 0.29) is 42.5 Å². The molecular formula is C38H44ClN3O4. The number of hydroxylamine groups is 2. The van der Waals surface area contributed by atoms with Crippen LogP contribution in [0.3, 0.4) is 0 Å². The lowest BCUT2D eigenvalue weighted by Gasteiger charge is -2.27. The summed E-state index contributed by atoms with van der Waals surface area (Å²) in [5, 5.41) is 0.620. The molecule has 0 bridgehead atoms. The van der Waals surface area contributed by atoms with Crippen molar-refractivity contribution >= 4 is 34.9 Å². The number of anilines is 1. The maximum absolute atomic E-state index is 12.2. The summed E-state index contributed by atoms with van der Waals surface area (Å²) < 4.78 is 2.28. The molecule has 3 aliphatic rings. The molecular weight excluding hydrogens is 598 g/mol. The lowest BCUT2D eigenvalue weighted by atomic mass is 9.81. The number of carbonyl (C=O) groups is 3. The summed E-state index contributed by atoms with van der Waals surface area (Å²) in [6, 6.07) is 17.1. The second kappa shape index (κ2) is 14.5. The van der Waals surface area contributed by atoms with Crippen LogP contribution in [0.25, 0.3) is 0 Å². The molecule has 3 heterocycles. The number of para-hydroxylation sites is 2. The van der Waals surface area contributed by atoms with Crippen LogP contribution < -0.4 is 17.3 Å². The Morgan fingerprint density at radius 1 is 0.826 bits per heavy atom. The van der Waals surface area contributed by atoms with Crippen molar-refractivity contribution < 1.29 is 36.2 Å². The van der Waals surface area contributed by atoms with Gasteiger partial charge in [0, 0.05) is 60.3 Å². The highest BCUT2D eigenvalue weighted by molar-refractivity contribution is 6.03.